The van der Waals surface area contributed by atoms with Gasteiger partial charge >= 0.3 is 5.97 Å². The first-order valence-electron chi connectivity index (χ1n) is 8.76. The molecule has 24 heavy (non-hydrogen) atoms. The second-order valence-electron chi connectivity index (χ2n) is 6.33. The number of rotatable bonds is 8. The van der Waals surface area contributed by atoms with E-state index in [4.69, 9.17) is 9.47 Å². The Morgan fingerprint density at radius 1 is 1.17 bits per heavy atom. The smallest absolute Gasteiger partial charge is 0.309 e. The van der Waals surface area contributed by atoms with Crippen LogP contribution in [0.5, 0.6) is 5.75 Å². The van der Waals surface area contributed by atoms with Crippen molar-refractivity contribution in [1.82, 2.24) is 5.32 Å². The molecule has 1 amide bonds. The first-order valence-corrected chi connectivity index (χ1v) is 8.76. The van der Waals surface area contributed by atoms with Crippen molar-refractivity contribution in [2.75, 3.05) is 19.8 Å². The first-order chi connectivity index (χ1) is 11.6. The zero-order chi connectivity index (χ0) is 17.2. The molecule has 0 heterocycles. The quantitative estimate of drug-likeness (QED) is 0.743. The maximum Gasteiger partial charge on any atom is 0.309 e. The van der Waals surface area contributed by atoms with Crippen molar-refractivity contribution in [2.24, 2.45) is 5.92 Å². The van der Waals surface area contributed by atoms with E-state index < -0.39 is 5.97 Å². The van der Waals surface area contributed by atoms with E-state index >= 15 is 0 Å². The summed E-state index contributed by atoms with van der Waals surface area (Å²) in [6, 6.07) is 7.63. The highest BCUT2D eigenvalue weighted by Crippen LogP contribution is 2.22. The molecule has 1 saturated carbocycles. The average Bonchev–Trinajstić information content (AvgIpc) is 2.61. The van der Waals surface area contributed by atoms with Gasteiger partial charge in [-0.25, -0.2) is 0 Å². The largest absolute Gasteiger partial charge is 0.493 e. The van der Waals surface area contributed by atoms with Crippen LogP contribution >= 0.6 is 0 Å². The standard InChI is InChI=1S/C19H27NO4/c1-15-7-5-6-10-17(15)23-12-11-19(22)24-14-18(21)20-13-16-8-3-2-4-9-16/h5-7,10,16H,2-4,8-9,11-14H2,1H3,(H,20,21). The molecule has 0 radical (unpaired) electrons. The lowest BCUT2D eigenvalue weighted by Gasteiger charge is -2.21. The van der Waals surface area contributed by atoms with Crippen LogP contribution in [0, 0.1) is 12.8 Å². The number of amides is 1. The van der Waals surface area contributed by atoms with Crippen LogP contribution in [0.4, 0.5) is 0 Å². The number of ether oxygens (including phenoxy) is 2. The van der Waals surface area contributed by atoms with Gasteiger partial charge in [-0.15, -0.1) is 0 Å². The van der Waals surface area contributed by atoms with Gasteiger partial charge in [0.1, 0.15) is 5.75 Å². The SMILES string of the molecule is Cc1ccccc1OCCC(=O)OCC(=O)NCC1CCCCC1. The fourth-order valence-corrected chi connectivity index (χ4v) is 2.88. The molecule has 0 atom stereocenters. The van der Waals surface area contributed by atoms with Crippen molar-refractivity contribution in [1.29, 1.82) is 0 Å². The molecule has 1 fully saturated rings. The van der Waals surface area contributed by atoms with Gasteiger partial charge in [-0.1, -0.05) is 37.5 Å². The minimum absolute atomic E-state index is 0.129. The van der Waals surface area contributed by atoms with Gasteiger partial charge in [0, 0.05) is 6.54 Å². The molecule has 5 nitrogen and oxygen atoms in total. The minimum atomic E-state index is -0.420. The molecule has 132 valence electrons. The highest BCUT2D eigenvalue weighted by Gasteiger charge is 2.15. The Hall–Kier alpha value is -2.04. The molecule has 1 aliphatic carbocycles. The van der Waals surface area contributed by atoms with E-state index in [-0.39, 0.29) is 25.5 Å². The van der Waals surface area contributed by atoms with Crippen molar-refractivity contribution in [3.8, 4) is 5.75 Å². The number of nitrogens with one attached hydrogen (secondary N) is 1. The van der Waals surface area contributed by atoms with Crippen LogP contribution < -0.4 is 10.1 Å². The maximum atomic E-state index is 11.7. The van der Waals surface area contributed by atoms with E-state index in [0.717, 1.165) is 11.3 Å². The van der Waals surface area contributed by atoms with Gasteiger partial charge < -0.3 is 14.8 Å². The number of benzene rings is 1. The maximum absolute atomic E-state index is 11.7. The Kier molecular flexibility index (Phi) is 7.59. The van der Waals surface area contributed by atoms with Crippen molar-refractivity contribution in [3.05, 3.63) is 29.8 Å². The zero-order valence-corrected chi connectivity index (χ0v) is 14.4. The predicted molar refractivity (Wildman–Crippen MR) is 91.8 cm³/mol. The van der Waals surface area contributed by atoms with Gasteiger partial charge in [0.25, 0.3) is 5.91 Å². The molecule has 5 heteroatoms. The third-order valence-corrected chi connectivity index (χ3v) is 4.33. The second kappa shape index (κ2) is 9.96. The van der Waals surface area contributed by atoms with Gasteiger partial charge in [-0.05, 0) is 37.3 Å². The molecule has 1 aromatic rings. The molecular formula is C19H27NO4. The average molecular weight is 333 g/mol. The van der Waals surface area contributed by atoms with Crippen LogP contribution in [0.2, 0.25) is 0 Å². The zero-order valence-electron chi connectivity index (χ0n) is 14.4. The van der Waals surface area contributed by atoms with Crippen molar-refractivity contribution < 1.29 is 19.1 Å². The molecular weight excluding hydrogens is 306 g/mol. The highest BCUT2D eigenvalue weighted by molar-refractivity contribution is 5.80. The summed E-state index contributed by atoms with van der Waals surface area (Å²) in [5.74, 6) is 0.682. The van der Waals surface area contributed by atoms with E-state index in [1.807, 2.05) is 31.2 Å². The molecule has 2 rings (SSSR count). The fourth-order valence-electron chi connectivity index (χ4n) is 2.88. The van der Waals surface area contributed by atoms with Crippen LogP contribution in [0.1, 0.15) is 44.1 Å². The number of carbonyl (C=O) groups is 2. The van der Waals surface area contributed by atoms with Crippen LogP contribution in [0.15, 0.2) is 24.3 Å². The molecule has 0 aliphatic heterocycles. The Bertz CT molecular complexity index is 538. The molecule has 0 bridgehead atoms. The van der Waals surface area contributed by atoms with Crippen molar-refractivity contribution >= 4 is 11.9 Å². The minimum Gasteiger partial charge on any atom is -0.493 e. The van der Waals surface area contributed by atoms with Gasteiger partial charge in [0.15, 0.2) is 6.61 Å². The molecule has 1 aromatic carbocycles. The Morgan fingerprint density at radius 2 is 1.92 bits per heavy atom. The molecule has 0 aromatic heterocycles. The lowest BCUT2D eigenvalue weighted by atomic mass is 9.89. The molecule has 0 saturated heterocycles. The summed E-state index contributed by atoms with van der Waals surface area (Å²) >= 11 is 0. The second-order valence-corrected chi connectivity index (χ2v) is 6.33. The van der Waals surface area contributed by atoms with E-state index in [0.29, 0.717) is 12.5 Å². The van der Waals surface area contributed by atoms with E-state index in [2.05, 4.69) is 5.32 Å². The number of hydrogen-bond donors (Lipinski definition) is 1. The van der Waals surface area contributed by atoms with E-state index in [1.165, 1.54) is 32.1 Å². The van der Waals surface area contributed by atoms with E-state index in [1.54, 1.807) is 0 Å². The monoisotopic (exact) mass is 333 g/mol. The van der Waals surface area contributed by atoms with Crippen LogP contribution in [0.25, 0.3) is 0 Å². The summed E-state index contributed by atoms with van der Waals surface area (Å²) < 4.78 is 10.5. The predicted octanol–water partition coefficient (Wildman–Crippen LogP) is 3.00. The normalized spacial score (nSPS) is 14.9. The third-order valence-electron chi connectivity index (χ3n) is 4.33. The summed E-state index contributed by atoms with van der Waals surface area (Å²) in [6.45, 7) is 2.67. The third kappa shape index (κ3) is 6.60. The fraction of sp³-hybridized carbons (Fsp3) is 0.579. The molecule has 1 aliphatic rings. The Morgan fingerprint density at radius 3 is 2.67 bits per heavy atom. The Balaban J connectivity index is 1.55. The number of esters is 1. The van der Waals surface area contributed by atoms with Crippen LogP contribution in [0.3, 0.4) is 0 Å². The lowest BCUT2D eigenvalue weighted by molar-refractivity contribution is -0.149. The topological polar surface area (TPSA) is 64.6 Å². The number of para-hydroxylation sites is 1. The summed E-state index contributed by atoms with van der Waals surface area (Å²) in [7, 11) is 0. The summed E-state index contributed by atoms with van der Waals surface area (Å²) in [5, 5.41) is 2.85. The summed E-state index contributed by atoms with van der Waals surface area (Å²) in [6.07, 6.45) is 6.27. The number of carbonyl (C=O) groups excluding carboxylic acids is 2. The van der Waals surface area contributed by atoms with Gasteiger partial charge in [0.05, 0.1) is 13.0 Å². The van der Waals surface area contributed by atoms with E-state index in [9.17, 15) is 9.59 Å². The van der Waals surface area contributed by atoms with Gasteiger partial charge in [-0.2, -0.15) is 0 Å². The molecule has 0 spiro atoms. The van der Waals surface area contributed by atoms with Gasteiger partial charge in [-0.3, -0.25) is 9.59 Å². The van der Waals surface area contributed by atoms with Crippen LogP contribution in [-0.2, 0) is 14.3 Å². The van der Waals surface area contributed by atoms with Gasteiger partial charge in [0.2, 0.25) is 0 Å². The van der Waals surface area contributed by atoms with Crippen molar-refractivity contribution in [2.45, 2.75) is 45.4 Å². The number of aryl methyl sites for hydroxylation is 1. The summed E-state index contributed by atoms with van der Waals surface area (Å²) in [5.41, 5.74) is 1.02. The molecule has 0 unspecified atom stereocenters. The summed E-state index contributed by atoms with van der Waals surface area (Å²) in [4.78, 5) is 23.4. The van der Waals surface area contributed by atoms with Crippen molar-refractivity contribution in [3.63, 3.8) is 0 Å². The Labute approximate surface area is 143 Å². The highest BCUT2D eigenvalue weighted by atomic mass is 16.5. The first kappa shape index (κ1) is 18.3. The lowest BCUT2D eigenvalue weighted by Crippen LogP contribution is -2.33. The molecule has 1 N–H and O–H groups in total. The van der Waals surface area contributed by atoms with Crippen LogP contribution in [-0.4, -0.2) is 31.6 Å². The number of hydrogen-bond acceptors (Lipinski definition) is 4.